The van der Waals surface area contributed by atoms with Gasteiger partial charge >= 0.3 is 6.03 Å². The van der Waals surface area contributed by atoms with E-state index < -0.39 is 17.9 Å². The van der Waals surface area contributed by atoms with Crippen LogP contribution in [-0.2, 0) is 9.53 Å². The van der Waals surface area contributed by atoms with Crippen LogP contribution in [-0.4, -0.2) is 96.4 Å². The lowest BCUT2D eigenvalue weighted by atomic mass is 9.90. The number of carbonyl (C=O) groups excluding carboxylic acids is 2. The van der Waals surface area contributed by atoms with Crippen LogP contribution in [0.1, 0.15) is 32.6 Å². The number of amides is 3. The summed E-state index contributed by atoms with van der Waals surface area (Å²) in [4.78, 5) is 31.6. The van der Waals surface area contributed by atoms with Gasteiger partial charge in [0.25, 0.3) is 0 Å². The molecule has 4 rings (SSSR count). The van der Waals surface area contributed by atoms with Crippen molar-refractivity contribution in [3.8, 4) is 0 Å². The monoisotopic (exact) mass is 496 g/mol. The van der Waals surface area contributed by atoms with Crippen molar-refractivity contribution in [3.05, 3.63) is 29.0 Å². The molecule has 3 unspecified atom stereocenters. The van der Waals surface area contributed by atoms with Crippen molar-refractivity contribution in [2.24, 2.45) is 5.41 Å². The van der Waals surface area contributed by atoms with Gasteiger partial charge in [-0.2, -0.15) is 0 Å². The highest BCUT2D eigenvalue weighted by molar-refractivity contribution is 6.31. The molecule has 0 aromatic heterocycles. The van der Waals surface area contributed by atoms with Gasteiger partial charge in [-0.3, -0.25) is 4.79 Å². The van der Waals surface area contributed by atoms with E-state index in [0.717, 1.165) is 38.8 Å². The molecule has 1 saturated carbocycles. The van der Waals surface area contributed by atoms with E-state index in [1.54, 1.807) is 14.0 Å². The minimum atomic E-state index is -0.643. The number of nitrogens with zero attached hydrogens (tertiary/aromatic N) is 3. The molecule has 34 heavy (non-hydrogen) atoms. The third-order valence-electron chi connectivity index (χ3n) is 7.66. The Balaban J connectivity index is 1.33. The first-order valence-electron chi connectivity index (χ1n) is 12.0. The standard InChI is InChI=1S/C24H34ClFN4O4/c1-16-22(32)30(12-11-29(16)23(33)27-17-3-4-20(26)19(25)13-17)18(15-34-2)5-9-28-10-8-24(6-7-24)21(31)14-28/h3-4,13,16,18,21,31H,5-12,14-15H2,1-2H3,(H,27,33). The molecule has 3 atom stereocenters. The highest BCUT2D eigenvalue weighted by Crippen LogP contribution is 2.53. The predicted molar refractivity (Wildman–Crippen MR) is 127 cm³/mol. The number of piperazine rings is 1. The highest BCUT2D eigenvalue weighted by Gasteiger charge is 2.51. The SMILES string of the molecule is COCC(CCN1CCC2(CC2)C(O)C1)N1CCN(C(=O)Nc2ccc(F)c(Cl)c2)C(C)C1=O. The van der Waals surface area contributed by atoms with Crippen LogP contribution in [0, 0.1) is 11.2 Å². The number of urea groups is 1. The molecule has 2 heterocycles. The van der Waals surface area contributed by atoms with Crippen LogP contribution in [0.4, 0.5) is 14.9 Å². The Morgan fingerprint density at radius 2 is 2.09 bits per heavy atom. The first-order valence-corrected chi connectivity index (χ1v) is 12.3. The molecule has 3 aliphatic rings. The second kappa shape index (κ2) is 10.4. The minimum absolute atomic E-state index is 0.0809. The van der Waals surface area contributed by atoms with Gasteiger partial charge in [-0.15, -0.1) is 0 Å². The third kappa shape index (κ3) is 5.32. The van der Waals surface area contributed by atoms with E-state index in [1.165, 1.54) is 23.1 Å². The summed E-state index contributed by atoms with van der Waals surface area (Å²) in [6, 6.07) is 2.78. The van der Waals surface area contributed by atoms with E-state index in [0.29, 0.717) is 31.9 Å². The maximum Gasteiger partial charge on any atom is 0.322 e. The van der Waals surface area contributed by atoms with Gasteiger partial charge in [0.2, 0.25) is 5.91 Å². The second-order valence-electron chi connectivity index (χ2n) is 9.79. The Bertz CT molecular complexity index is 915. The van der Waals surface area contributed by atoms with Crippen LogP contribution < -0.4 is 5.32 Å². The fourth-order valence-electron chi connectivity index (χ4n) is 5.18. The van der Waals surface area contributed by atoms with Gasteiger partial charge in [-0.1, -0.05) is 11.6 Å². The number of piperidine rings is 1. The van der Waals surface area contributed by atoms with Gasteiger partial charge < -0.3 is 29.9 Å². The van der Waals surface area contributed by atoms with Crippen LogP contribution in [0.15, 0.2) is 18.2 Å². The van der Waals surface area contributed by atoms with Crippen LogP contribution in [0.25, 0.3) is 0 Å². The number of anilines is 1. The van der Waals surface area contributed by atoms with Gasteiger partial charge in [-0.05, 0) is 62.8 Å². The Labute approximate surface area is 205 Å². The van der Waals surface area contributed by atoms with E-state index in [9.17, 15) is 19.1 Å². The molecule has 2 aliphatic heterocycles. The van der Waals surface area contributed by atoms with E-state index in [1.807, 2.05) is 4.90 Å². The Morgan fingerprint density at radius 1 is 1.32 bits per heavy atom. The molecule has 8 nitrogen and oxygen atoms in total. The molecule has 0 radical (unpaired) electrons. The first-order chi connectivity index (χ1) is 16.2. The number of halogens is 2. The lowest BCUT2D eigenvalue weighted by molar-refractivity contribution is -0.143. The van der Waals surface area contributed by atoms with Gasteiger partial charge in [0, 0.05) is 39.0 Å². The van der Waals surface area contributed by atoms with Gasteiger partial charge in [0.05, 0.1) is 23.8 Å². The van der Waals surface area contributed by atoms with Crippen LogP contribution in [0.2, 0.25) is 5.02 Å². The van der Waals surface area contributed by atoms with Crippen molar-refractivity contribution in [2.45, 2.75) is 50.8 Å². The van der Waals surface area contributed by atoms with E-state index >= 15 is 0 Å². The molecular formula is C24H34ClFN4O4. The van der Waals surface area contributed by atoms with Crippen molar-refractivity contribution in [2.75, 3.05) is 51.8 Å². The van der Waals surface area contributed by atoms with Gasteiger partial charge in [-0.25, -0.2) is 9.18 Å². The number of carbonyl (C=O) groups is 2. The molecule has 2 N–H and O–H groups in total. The van der Waals surface area contributed by atoms with Crippen molar-refractivity contribution >= 4 is 29.2 Å². The number of benzene rings is 1. The lowest BCUT2D eigenvalue weighted by Gasteiger charge is -2.43. The summed E-state index contributed by atoms with van der Waals surface area (Å²) in [6.07, 6.45) is 3.78. The molecule has 10 heteroatoms. The van der Waals surface area contributed by atoms with Gasteiger partial charge in [0.1, 0.15) is 11.9 Å². The molecule has 1 aromatic rings. The smallest absolute Gasteiger partial charge is 0.322 e. The number of nitrogens with one attached hydrogen (secondary N) is 1. The summed E-state index contributed by atoms with van der Waals surface area (Å²) < 4.78 is 18.8. The van der Waals surface area contributed by atoms with Crippen LogP contribution >= 0.6 is 11.6 Å². The number of aliphatic hydroxyl groups excluding tert-OH is 1. The fraction of sp³-hybridized carbons (Fsp3) is 0.667. The predicted octanol–water partition coefficient (Wildman–Crippen LogP) is 2.80. The molecule has 3 fully saturated rings. The Kier molecular flexibility index (Phi) is 7.66. The average molecular weight is 497 g/mol. The van der Waals surface area contributed by atoms with Crippen molar-refractivity contribution in [1.82, 2.24) is 14.7 Å². The number of aliphatic hydroxyl groups is 1. The number of hydrogen-bond acceptors (Lipinski definition) is 5. The normalized spacial score (nSPS) is 25.5. The molecule has 2 saturated heterocycles. The summed E-state index contributed by atoms with van der Waals surface area (Å²) in [7, 11) is 1.62. The maximum atomic E-state index is 13.4. The highest BCUT2D eigenvalue weighted by atomic mass is 35.5. The van der Waals surface area contributed by atoms with Crippen molar-refractivity contribution in [1.29, 1.82) is 0 Å². The lowest BCUT2D eigenvalue weighted by Crippen LogP contribution is -2.61. The summed E-state index contributed by atoms with van der Waals surface area (Å²) in [5.74, 6) is -0.691. The quantitative estimate of drug-likeness (QED) is 0.606. The zero-order valence-electron chi connectivity index (χ0n) is 19.8. The van der Waals surface area contributed by atoms with E-state index in [2.05, 4.69) is 10.2 Å². The second-order valence-corrected chi connectivity index (χ2v) is 10.2. The number of rotatable bonds is 7. The summed E-state index contributed by atoms with van der Waals surface area (Å²) in [5, 5.41) is 13.1. The largest absolute Gasteiger partial charge is 0.391 e. The number of ether oxygens (including phenoxy) is 1. The number of likely N-dealkylation sites (tertiary alicyclic amines) is 1. The number of hydrogen-bond donors (Lipinski definition) is 2. The number of β-amino-alcohol motifs (C(OH)–C–C–N with tert-alkyl or cyclic N) is 1. The van der Waals surface area contributed by atoms with Gasteiger partial charge in [0.15, 0.2) is 0 Å². The zero-order valence-corrected chi connectivity index (χ0v) is 20.6. The third-order valence-corrected chi connectivity index (χ3v) is 7.95. The summed E-state index contributed by atoms with van der Waals surface area (Å²) in [6.45, 7) is 5.35. The summed E-state index contributed by atoms with van der Waals surface area (Å²) in [5.41, 5.74) is 0.539. The topological polar surface area (TPSA) is 85.3 Å². The van der Waals surface area contributed by atoms with Crippen molar-refractivity contribution < 1.29 is 23.8 Å². The first kappa shape index (κ1) is 25.2. The van der Waals surface area contributed by atoms with Crippen molar-refractivity contribution in [3.63, 3.8) is 0 Å². The van der Waals surface area contributed by atoms with E-state index in [4.69, 9.17) is 16.3 Å². The molecule has 3 amide bonds. The molecular weight excluding hydrogens is 463 g/mol. The van der Waals surface area contributed by atoms with E-state index in [-0.39, 0.29) is 28.5 Å². The fourth-order valence-corrected chi connectivity index (χ4v) is 5.36. The average Bonchev–Trinajstić information content (AvgIpc) is 3.59. The molecule has 1 aromatic carbocycles. The summed E-state index contributed by atoms with van der Waals surface area (Å²) >= 11 is 5.80. The molecule has 1 aliphatic carbocycles. The Morgan fingerprint density at radius 3 is 2.74 bits per heavy atom. The Hall–Kier alpha value is -1.94. The maximum absolute atomic E-state index is 13.4. The zero-order chi connectivity index (χ0) is 24.5. The number of methoxy groups -OCH3 is 1. The minimum Gasteiger partial charge on any atom is -0.391 e. The molecule has 188 valence electrons. The molecule has 0 bridgehead atoms. The van der Waals surface area contributed by atoms with Crippen LogP contribution in [0.3, 0.4) is 0 Å². The molecule has 1 spiro atoms. The van der Waals surface area contributed by atoms with Crippen LogP contribution in [0.5, 0.6) is 0 Å².